The van der Waals surface area contributed by atoms with Crippen LogP contribution in [0, 0.1) is 5.82 Å². The summed E-state index contributed by atoms with van der Waals surface area (Å²) in [6.45, 7) is 9.07. The molecule has 0 radical (unpaired) electrons. The number of hydrogen-bond donors (Lipinski definition) is 1. The minimum Gasteiger partial charge on any atom is -0.366 e. The van der Waals surface area contributed by atoms with Gasteiger partial charge in [0.15, 0.2) is 0 Å². The zero-order valence-corrected chi connectivity index (χ0v) is 12.8. The van der Waals surface area contributed by atoms with Crippen LogP contribution in [0.2, 0.25) is 0 Å². The molecule has 1 heterocycles. The van der Waals surface area contributed by atoms with Crippen molar-refractivity contribution in [1.29, 1.82) is 0 Å². The van der Waals surface area contributed by atoms with E-state index in [4.69, 9.17) is 0 Å². The van der Waals surface area contributed by atoms with Gasteiger partial charge in [-0.3, -0.25) is 0 Å². The zero-order valence-electron chi connectivity index (χ0n) is 12.8. The summed E-state index contributed by atoms with van der Waals surface area (Å²) in [6, 6.07) is 5.83. The monoisotopic (exact) mass is 279 g/mol. The van der Waals surface area contributed by atoms with E-state index < -0.39 is 0 Å². The molecule has 0 aliphatic carbocycles. The van der Waals surface area contributed by atoms with Gasteiger partial charge in [0.25, 0.3) is 0 Å². The number of likely N-dealkylation sites (N-methyl/N-ethyl adjacent to an activating group) is 1. The lowest BCUT2D eigenvalue weighted by Crippen LogP contribution is -2.50. The second kappa shape index (κ2) is 7.04. The molecular weight excluding hydrogens is 253 g/mol. The van der Waals surface area contributed by atoms with Crippen molar-refractivity contribution in [1.82, 2.24) is 10.2 Å². The van der Waals surface area contributed by atoms with Crippen LogP contribution >= 0.6 is 0 Å². The minimum absolute atomic E-state index is 0.137. The molecule has 0 bridgehead atoms. The predicted molar refractivity (Wildman–Crippen MR) is 82.7 cm³/mol. The van der Waals surface area contributed by atoms with Crippen LogP contribution in [0.4, 0.5) is 10.1 Å². The Morgan fingerprint density at radius 3 is 2.80 bits per heavy atom. The second-order valence-electron chi connectivity index (χ2n) is 5.80. The molecule has 4 heteroatoms. The molecule has 1 saturated heterocycles. The van der Waals surface area contributed by atoms with E-state index in [0.717, 1.165) is 50.4 Å². The Balaban J connectivity index is 2.10. The first-order chi connectivity index (χ1) is 9.60. The van der Waals surface area contributed by atoms with E-state index in [1.165, 1.54) is 0 Å². The summed E-state index contributed by atoms with van der Waals surface area (Å²) in [7, 11) is 2.14. The molecule has 0 saturated carbocycles. The van der Waals surface area contributed by atoms with Crippen LogP contribution in [0.1, 0.15) is 25.8 Å². The minimum atomic E-state index is -0.137. The molecule has 1 N–H and O–H groups in total. The van der Waals surface area contributed by atoms with Crippen molar-refractivity contribution in [2.75, 3.05) is 38.1 Å². The maximum absolute atomic E-state index is 13.8. The Labute approximate surface area is 121 Å². The second-order valence-corrected chi connectivity index (χ2v) is 5.80. The van der Waals surface area contributed by atoms with Gasteiger partial charge in [-0.15, -0.1) is 0 Å². The van der Waals surface area contributed by atoms with Gasteiger partial charge in [0.2, 0.25) is 0 Å². The number of nitrogens with zero attached hydrogens (tertiary/aromatic N) is 2. The van der Waals surface area contributed by atoms with Crippen molar-refractivity contribution in [3.05, 3.63) is 29.6 Å². The fourth-order valence-electron chi connectivity index (χ4n) is 2.83. The van der Waals surface area contributed by atoms with Crippen LogP contribution in [-0.4, -0.2) is 44.2 Å². The molecule has 0 spiro atoms. The van der Waals surface area contributed by atoms with Crippen LogP contribution in [0.15, 0.2) is 18.2 Å². The highest BCUT2D eigenvalue weighted by atomic mass is 19.1. The van der Waals surface area contributed by atoms with E-state index in [9.17, 15) is 4.39 Å². The van der Waals surface area contributed by atoms with Crippen molar-refractivity contribution in [3.8, 4) is 0 Å². The third-order valence-electron chi connectivity index (χ3n) is 3.86. The summed E-state index contributed by atoms with van der Waals surface area (Å²) in [5.41, 5.74) is 2.04. The van der Waals surface area contributed by atoms with E-state index in [1.807, 2.05) is 0 Å². The van der Waals surface area contributed by atoms with Gasteiger partial charge >= 0.3 is 0 Å². The number of anilines is 1. The SMILES string of the molecule is CCCNCc1cc(F)cc(N2CCN(C)CC2C)c1. The van der Waals surface area contributed by atoms with Crippen molar-refractivity contribution in [2.45, 2.75) is 32.9 Å². The number of nitrogens with one attached hydrogen (secondary N) is 1. The molecule has 1 aliphatic rings. The molecule has 1 unspecified atom stereocenters. The number of hydrogen-bond acceptors (Lipinski definition) is 3. The molecule has 0 amide bonds. The first-order valence-corrected chi connectivity index (χ1v) is 7.55. The lowest BCUT2D eigenvalue weighted by atomic mass is 10.1. The highest BCUT2D eigenvalue weighted by molar-refractivity contribution is 5.50. The van der Waals surface area contributed by atoms with Gasteiger partial charge in [-0.05, 0) is 50.7 Å². The zero-order chi connectivity index (χ0) is 14.5. The Bertz CT molecular complexity index is 436. The molecular formula is C16H26FN3. The van der Waals surface area contributed by atoms with Crippen LogP contribution in [-0.2, 0) is 6.54 Å². The van der Waals surface area contributed by atoms with E-state index >= 15 is 0 Å². The standard InChI is InChI=1S/C16H26FN3/c1-4-5-18-11-14-8-15(17)10-16(9-14)20-7-6-19(3)12-13(20)2/h8-10,13,18H,4-7,11-12H2,1-3H3. The molecule has 20 heavy (non-hydrogen) atoms. The van der Waals surface area contributed by atoms with Gasteiger partial charge in [0, 0.05) is 37.9 Å². The predicted octanol–water partition coefficient (Wildman–Crippen LogP) is 2.47. The highest BCUT2D eigenvalue weighted by Gasteiger charge is 2.22. The lowest BCUT2D eigenvalue weighted by Gasteiger charge is -2.40. The normalized spacial score (nSPS) is 20.4. The van der Waals surface area contributed by atoms with Gasteiger partial charge in [-0.2, -0.15) is 0 Å². The summed E-state index contributed by atoms with van der Waals surface area (Å²) in [6.07, 6.45) is 1.09. The fraction of sp³-hybridized carbons (Fsp3) is 0.625. The fourth-order valence-corrected chi connectivity index (χ4v) is 2.83. The number of piperazine rings is 1. The molecule has 1 aliphatic heterocycles. The number of halogens is 1. The summed E-state index contributed by atoms with van der Waals surface area (Å²) in [4.78, 5) is 4.64. The molecule has 112 valence electrons. The van der Waals surface area contributed by atoms with Crippen LogP contribution in [0.25, 0.3) is 0 Å². The summed E-state index contributed by atoms with van der Waals surface area (Å²) < 4.78 is 13.8. The Kier molecular flexibility index (Phi) is 5.38. The van der Waals surface area contributed by atoms with Crippen molar-refractivity contribution in [3.63, 3.8) is 0 Å². The largest absolute Gasteiger partial charge is 0.366 e. The van der Waals surface area contributed by atoms with Gasteiger partial charge in [-0.25, -0.2) is 4.39 Å². The van der Waals surface area contributed by atoms with Gasteiger partial charge in [0.05, 0.1) is 0 Å². The quantitative estimate of drug-likeness (QED) is 0.835. The number of rotatable bonds is 5. The molecule has 0 aromatic heterocycles. The van der Waals surface area contributed by atoms with Crippen LogP contribution < -0.4 is 10.2 Å². The Morgan fingerprint density at radius 2 is 2.10 bits per heavy atom. The third kappa shape index (κ3) is 3.93. The third-order valence-corrected chi connectivity index (χ3v) is 3.86. The number of benzene rings is 1. The average Bonchev–Trinajstić information content (AvgIpc) is 2.38. The molecule has 1 fully saturated rings. The lowest BCUT2D eigenvalue weighted by molar-refractivity contribution is 0.275. The maximum atomic E-state index is 13.8. The molecule has 1 aromatic rings. The summed E-state index contributed by atoms with van der Waals surface area (Å²) >= 11 is 0. The van der Waals surface area contributed by atoms with E-state index in [1.54, 1.807) is 12.1 Å². The van der Waals surface area contributed by atoms with E-state index in [0.29, 0.717) is 6.04 Å². The van der Waals surface area contributed by atoms with Crippen molar-refractivity contribution in [2.24, 2.45) is 0 Å². The topological polar surface area (TPSA) is 18.5 Å². The summed E-state index contributed by atoms with van der Waals surface area (Å²) in [5, 5.41) is 3.33. The van der Waals surface area contributed by atoms with Crippen LogP contribution in [0.3, 0.4) is 0 Å². The molecule has 2 rings (SSSR count). The summed E-state index contributed by atoms with van der Waals surface area (Å²) in [5.74, 6) is -0.137. The smallest absolute Gasteiger partial charge is 0.125 e. The first-order valence-electron chi connectivity index (χ1n) is 7.55. The van der Waals surface area contributed by atoms with Crippen molar-refractivity contribution >= 4 is 5.69 Å². The average molecular weight is 279 g/mol. The first kappa shape index (κ1) is 15.3. The van der Waals surface area contributed by atoms with Gasteiger partial charge < -0.3 is 15.1 Å². The Morgan fingerprint density at radius 1 is 1.30 bits per heavy atom. The van der Waals surface area contributed by atoms with Crippen molar-refractivity contribution < 1.29 is 4.39 Å². The van der Waals surface area contributed by atoms with E-state index in [-0.39, 0.29) is 5.82 Å². The molecule has 3 nitrogen and oxygen atoms in total. The maximum Gasteiger partial charge on any atom is 0.125 e. The van der Waals surface area contributed by atoms with Crippen LogP contribution in [0.5, 0.6) is 0 Å². The highest BCUT2D eigenvalue weighted by Crippen LogP contribution is 2.23. The Hall–Kier alpha value is -1.13. The molecule has 1 aromatic carbocycles. The van der Waals surface area contributed by atoms with Gasteiger partial charge in [0.1, 0.15) is 5.82 Å². The van der Waals surface area contributed by atoms with Gasteiger partial charge in [-0.1, -0.05) is 6.92 Å². The molecule has 1 atom stereocenters. The van der Waals surface area contributed by atoms with E-state index in [2.05, 4.69) is 42.1 Å².